The standard InChI is InChI=1S/C25H22ClN3O5/c1-31-18-8-4-16(5-9-18)28-25(30)29(26)17-6-10-19(11-7-17)34-22-12-13-27-21-15-24(33-3)23(32-2)14-20(21)22/h4-15H,1-3H3,(H,28,30). The Morgan fingerprint density at radius 1 is 0.824 bits per heavy atom. The fourth-order valence-electron chi connectivity index (χ4n) is 3.27. The van der Waals surface area contributed by atoms with E-state index in [-0.39, 0.29) is 0 Å². The molecule has 0 atom stereocenters. The smallest absolute Gasteiger partial charge is 0.341 e. The molecule has 34 heavy (non-hydrogen) atoms. The van der Waals surface area contributed by atoms with Crippen LogP contribution in [-0.2, 0) is 0 Å². The van der Waals surface area contributed by atoms with E-state index in [1.165, 1.54) is 0 Å². The number of aromatic nitrogens is 1. The van der Waals surface area contributed by atoms with E-state index in [1.54, 1.807) is 88.2 Å². The fourth-order valence-corrected chi connectivity index (χ4v) is 3.43. The Hall–Kier alpha value is -4.17. The number of nitrogens with zero attached hydrogens (tertiary/aromatic N) is 2. The highest BCUT2D eigenvalue weighted by Crippen LogP contribution is 2.37. The highest BCUT2D eigenvalue weighted by atomic mass is 35.5. The first-order chi connectivity index (χ1) is 16.5. The van der Waals surface area contributed by atoms with Gasteiger partial charge < -0.3 is 24.3 Å². The van der Waals surface area contributed by atoms with Crippen LogP contribution in [0.1, 0.15) is 0 Å². The highest BCUT2D eigenvalue weighted by molar-refractivity contribution is 6.38. The average molecular weight is 480 g/mol. The van der Waals surface area contributed by atoms with Crippen LogP contribution in [0.3, 0.4) is 0 Å². The average Bonchev–Trinajstić information content (AvgIpc) is 2.88. The minimum Gasteiger partial charge on any atom is -0.497 e. The van der Waals surface area contributed by atoms with Crippen molar-refractivity contribution in [3.8, 4) is 28.7 Å². The molecule has 0 aliphatic heterocycles. The van der Waals surface area contributed by atoms with Gasteiger partial charge in [0.2, 0.25) is 0 Å². The quantitative estimate of drug-likeness (QED) is 0.316. The van der Waals surface area contributed by atoms with Gasteiger partial charge in [-0.2, -0.15) is 0 Å². The summed E-state index contributed by atoms with van der Waals surface area (Å²) in [7, 11) is 4.72. The largest absolute Gasteiger partial charge is 0.497 e. The second kappa shape index (κ2) is 10.2. The van der Waals surface area contributed by atoms with Crippen molar-refractivity contribution in [2.24, 2.45) is 0 Å². The van der Waals surface area contributed by atoms with Crippen molar-refractivity contribution in [1.29, 1.82) is 0 Å². The van der Waals surface area contributed by atoms with Gasteiger partial charge in [-0.25, -0.2) is 9.21 Å². The Bertz CT molecular complexity index is 1300. The van der Waals surface area contributed by atoms with Crippen LogP contribution < -0.4 is 28.7 Å². The zero-order chi connectivity index (χ0) is 24.1. The number of hydrogen-bond acceptors (Lipinski definition) is 6. The number of benzene rings is 3. The maximum Gasteiger partial charge on any atom is 0.341 e. The predicted octanol–water partition coefficient (Wildman–Crippen LogP) is 6.25. The Morgan fingerprint density at radius 2 is 1.47 bits per heavy atom. The second-order valence-corrected chi connectivity index (χ2v) is 7.41. The first kappa shape index (κ1) is 23.0. The van der Waals surface area contributed by atoms with Gasteiger partial charge in [0.1, 0.15) is 17.2 Å². The normalized spacial score (nSPS) is 10.5. The zero-order valence-corrected chi connectivity index (χ0v) is 19.5. The van der Waals surface area contributed by atoms with E-state index in [9.17, 15) is 4.79 Å². The first-order valence-electron chi connectivity index (χ1n) is 10.2. The van der Waals surface area contributed by atoms with Gasteiger partial charge in [-0.15, -0.1) is 0 Å². The first-order valence-corrected chi connectivity index (χ1v) is 10.6. The van der Waals surface area contributed by atoms with Gasteiger partial charge in [0, 0.05) is 35.1 Å². The number of carbonyl (C=O) groups excluding carboxylic acids is 1. The molecule has 1 heterocycles. The number of urea groups is 1. The Kier molecular flexibility index (Phi) is 6.89. The molecule has 9 heteroatoms. The molecule has 0 fully saturated rings. The van der Waals surface area contributed by atoms with E-state index < -0.39 is 6.03 Å². The van der Waals surface area contributed by atoms with Crippen molar-refractivity contribution in [2.45, 2.75) is 0 Å². The SMILES string of the molecule is COc1ccc(NC(=O)N(Cl)c2ccc(Oc3ccnc4cc(OC)c(OC)cc34)cc2)cc1. The van der Waals surface area contributed by atoms with E-state index in [0.29, 0.717) is 45.6 Å². The Labute approximate surface area is 201 Å². The second-order valence-electron chi connectivity index (χ2n) is 7.07. The number of fused-ring (bicyclic) bond motifs is 1. The molecular formula is C25H22ClN3O5. The van der Waals surface area contributed by atoms with Crippen LogP contribution in [0.5, 0.6) is 28.7 Å². The molecule has 2 amide bonds. The summed E-state index contributed by atoms with van der Waals surface area (Å²) < 4.78 is 22.9. The van der Waals surface area contributed by atoms with Crippen molar-refractivity contribution in [3.05, 3.63) is 72.9 Å². The van der Waals surface area contributed by atoms with E-state index in [2.05, 4.69) is 10.3 Å². The minimum absolute atomic E-state index is 0.478. The molecule has 4 rings (SSSR count). The number of anilines is 2. The third-order valence-electron chi connectivity index (χ3n) is 5.02. The maximum absolute atomic E-state index is 12.5. The lowest BCUT2D eigenvalue weighted by atomic mass is 10.2. The van der Waals surface area contributed by atoms with Crippen molar-refractivity contribution >= 4 is 40.1 Å². The summed E-state index contributed by atoms with van der Waals surface area (Å²) in [6.07, 6.45) is 1.65. The monoisotopic (exact) mass is 479 g/mol. The molecule has 8 nitrogen and oxygen atoms in total. The van der Waals surface area contributed by atoms with Gasteiger partial charge in [-0.3, -0.25) is 4.98 Å². The molecule has 3 aromatic carbocycles. The van der Waals surface area contributed by atoms with E-state index in [0.717, 1.165) is 9.81 Å². The third kappa shape index (κ3) is 4.92. The number of ether oxygens (including phenoxy) is 4. The van der Waals surface area contributed by atoms with Crippen LogP contribution in [0.4, 0.5) is 16.2 Å². The van der Waals surface area contributed by atoms with Gasteiger partial charge >= 0.3 is 6.03 Å². The maximum atomic E-state index is 12.5. The molecule has 0 aliphatic rings. The van der Waals surface area contributed by atoms with Crippen LogP contribution in [-0.4, -0.2) is 32.3 Å². The minimum atomic E-state index is -0.498. The Balaban J connectivity index is 1.49. The van der Waals surface area contributed by atoms with Crippen LogP contribution in [0.2, 0.25) is 0 Å². The van der Waals surface area contributed by atoms with Crippen LogP contribution in [0.25, 0.3) is 10.9 Å². The Morgan fingerprint density at radius 3 is 2.12 bits per heavy atom. The summed E-state index contributed by atoms with van der Waals surface area (Å²) in [6, 6.07) is 18.6. The molecule has 1 N–H and O–H groups in total. The topological polar surface area (TPSA) is 82.2 Å². The van der Waals surface area contributed by atoms with Crippen LogP contribution in [0, 0.1) is 0 Å². The molecule has 4 aromatic rings. The highest BCUT2D eigenvalue weighted by Gasteiger charge is 2.15. The van der Waals surface area contributed by atoms with Gasteiger partial charge in [-0.05, 0) is 60.7 Å². The van der Waals surface area contributed by atoms with Crippen molar-refractivity contribution in [1.82, 2.24) is 4.98 Å². The number of halogens is 1. The van der Waals surface area contributed by atoms with Crippen molar-refractivity contribution in [3.63, 3.8) is 0 Å². The van der Waals surface area contributed by atoms with Gasteiger partial charge in [-0.1, -0.05) is 0 Å². The van der Waals surface area contributed by atoms with Crippen LogP contribution in [0.15, 0.2) is 72.9 Å². The lowest BCUT2D eigenvalue weighted by molar-refractivity contribution is 0.260. The van der Waals surface area contributed by atoms with Crippen LogP contribution >= 0.6 is 11.8 Å². The lowest BCUT2D eigenvalue weighted by Gasteiger charge is -2.16. The summed E-state index contributed by atoms with van der Waals surface area (Å²) in [5, 5.41) is 3.49. The number of nitrogens with one attached hydrogen (secondary N) is 1. The number of methoxy groups -OCH3 is 3. The molecule has 0 aliphatic carbocycles. The summed E-state index contributed by atoms with van der Waals surface area (Å²) >= 11 is 6.24. The molecule has 0 bridgehead atoms. The molecule has 0 saturated heterocycles. The number of carbonyl (C=O) groups is 1. The number of rotatable bonds is 7. The van der Waals surface area contributed by atoms with E-state index in [1.807, 2.05) is 6.07 Å². The van der Waals surface area contributed by atoms with E-state index in [4.69, 9.17) is 30.7 Å². The lowest BCUT2D eigenvalue weighted by Crippen LogP contribution is -2.26. The van der Waals surface area contributed by atoms with Crippen molar-refractivity contribution in [2.75, 3.05) is 31.1 Å². The number of hydrogen-bond donors (Lipinski definition) is 1. The molecule has 0 unspecified atom stereocenters. The predicted molar refractivity (Wildman–Crippen MR) is 132 cm³/mol. The molecule has 0 spiro atoms. The zero-order valence-electron chi connectivity index (χ0n) is 18.7. The number of amides is 2. The van der Waals surface area contributed by atoms with Crippen molar-refractivity contribution < 1.29 is 23.7 Å². The molecule has 1 aromatic heterocycles. The summed E-state index contributed by atoms with van der Waals surface area (Å²) in [5.41, 5.74) is 1.77. The third-order valence-corrected chi connectivity index (χ3v) is 5.37. The fraction of sp³-hybridized carbons (Fsp3) is 0.120. The summed E-state index contributed by atoms with van der Waals surface area (Å²) in [6.45, 7) is 0. The van der Waals surface area contributed by atoms with E-state index >= 15 is 0 Å². The molecule has 0 radical (unpaired) electrons. The number of pyridine rings is 1. The molecule has 174 valence electrons. The summed E-state index contributed by atoms with van der Waals surface area (Å²) in [5.74, 6) is 3.00. The molecule has 0 saturated carbocycles. The molecular weight excluding hydrogens is 458 g/mol. The van der Waals surface area contributed by atoms with Gasteiger partial charge in [0.05, 0.1) is 32.5 Å². The van der Waals surface area contributed by atoms with Gasteiger partial charge in [0.25, 0.3) is 0 Å². The summed E-state index contributed by atoms with van der Waals surface area (Å²) in [4.78, 5) is 16.9. The van der Waals surface area contributed by atoms with Gasteiger partial charge in [0.15, 0.2) is 11.5 Å².